The monoisotopic (exact) mass is 887 g/mol. The van der Waals surface area contributed by atoms with Crippen LogP contribution in [-0.4, -0.2) is 60.9 Å². The number of alkyl halides is 4. The summed E-state index contributed by atoms with van der Waals surface area (Å²) in [5.74, 6) is -11.5. The summed E-state index contributed by atoms with van der Waals surface area (Å²) in [7, 11) is -6.68. The molecule has 0 amide bonds. The molecule has 4 rings (SSSR count). The zero-order valence-corrected chi connectivity index (χ0v) is 25.3. The molecule has 2 bridgehead atoms. The number of hydrogen-bond acceptors (Lipinski definition) is 9. The van der Waals surface area contributed by atoms with Crippen LogP contribution in [0.4, 0.5) is 17.6 Å². The SMILES string of the molecule is O=C(OC1C2CC3C1OC(=O)C3C2C(=O)OCCC(F)(F)C(F)(F)S(=O)(=O)[O-])c1c(I)ccc(I)c1I. The van der Waals surface area contributed by atoms with Crippen molar-refractivity contribution in [3.63, 3.8) is 0 Å². The molecule has 17 heteroatoms. The second-order valence-corrected chi connectivity index (χ2v) is 13.5. The van der Waals surface area contributed by atoms with Gasteiger partial charge in [-0.05, 0) is 86.3 Å². The van der Waals surface area contributed by atoms with E-state index in [0.29, 0.717) is 7.14 Å². The lowest BCUT2D eigenvalue weighted by Gasteiger charge is -2.31. The van der Waals surface area contributed by atoms with E-state index in [0.717, 1.165) is 3.57 Å². The van der Waals surface area contributed by atoms with Crippen LogP contribution in [0.1, 0.15) is 23.2 Å². The number of esters is 3. The first-order valence-corrected chi connectivity index (χ1v) is 15.1. The number of ether oxygens (including phenoxy) is 3. The first-order chi connectivity index (χ1) is 17.0. The highest BCUT2D eigenvalue weighted by Crippen LogP contribution is 2.59. The highest BCUT2D eigenvalue weighted by molar-refractivity contribution is 14.1. The Balaban J connectivity index is 1.48. The van der Waals surface area contributed by atoms with Crippen LogP contribution < -0.4 is 0 Å². The first-order valence-electron chi connectivity index (χ1n) is 10.4. The largest absolute Gasteiger partial charge is 0.743 e. The van der Waals surface area contributed by atoms with Crippen LogP contribution in [0.2, 0.25) is 0 Å². The number of fused-ring (bicyclic) bond motifs is 1. The van der Waals surface area contributed by atoms with E-state index in [1.165, 1.54) is 0 Å². The van der Waals surface area contributed by atoms with Gasteiger partial charge in [0.2, 0.25) is 0 Å². The highest BCUT2D eigenvalue weighted by atomic mass is 127. The zero-order valence-electron chi connectivity index (χ0n) is 18.0. The van der Waals surface area contributed by atoms with Gasteiger partial charge in [0.25, 0.3) is 0 Å². The van der Waals surface area contributed by atoms with Crippen LogP contribution in [-0.2, 0) is 33.9 Å². The number of hydrogen-bond donors (Lipinski definition) is 0. The third kappa shape index (κ3) is 4.96. The van der Waals surface area contributed by atoms with E-state index >= 15 is 0 Å². The van der Waals surface area contributed by atoms with Gasteiger partial charge in [-0.25, -0.2) is 13.2 Å². The smallest absolute Gasteiger partial charge is 0.396 e. The van der Waals surface area contributed by atoms with Gasteiger partial charge in [0.15, 0.2) is 10.1 Å². The maximum absolute atomic E-state index is 13.7. The van der Waals surface area contributed by atoms with Crippen molar-refractivity contribution in [2.24, 2.45) is 23.7 Å². The second kappa shape index (κ2) is 10.1. The van der Waals surface area contributed by atoms with Gasteiger partial charge in [0, 0.05) is 22.5 Å². The summed E-state index contributed by atoms with van der Waals surface area (Å²) in [6.45, 7) is -1.35. The van der Waals surface area contributed by atoms with Crippen molar-refractivity contribution in [1.82, 2.24) is 0 Å². The molecule has 0 radical (unpaired) electrons. The zero-order chi connectivity index (χ0) is 27.7. The molecular weight excluding hydrogens is 873 g/mol. The Kier molecular flexibility index (Phi) is 8.06. The van der Waals surface area contributed by atoms with E-state index in [1.54, 1.807) is 12.1 Å². The Bertz CT molecular complexity index is 1280. The van der Waals surface area contributed by atoms with E-state index in [9.17, 15) is 44.9 Å². The number of carbonyl (C=O) groups is 3. The molecule has 6 unspecified atom stereocenters. The molecule has 0 N–H and O–H groups in total. The molecule has 37 heavy (non-hydrogen) atoms. The summed E-state index contributed by atoms with van der Waals surface area (Å²) in [4.78, 5) is 38.3. The molecule has 9 nitrogen and oxygen atoms in total. The number of rotatable bonds is 8. The molecular formula is C20H14F4I3O9S-. The normalized spacial score (nSPS) is 28.8. The van der Waals surface area contributed by atoms with E-state index in [1.807, 2.05) is 67.8 Å². The van der Waals surface area contributed by atoms with Gasteiger partial charge in [0.05, 0.1) is 30.4 Å². The summed E-state index contributed by atoms with van der Waals surface area (Å²) in [6, 6.07) is 3.52. The topological polar surface area (TPSA) is 136 Å². The van der Waals surface area contributed by atoms with Crippen molar-refractivity contribution in [2.45, 2.75) is 36.2 Å². The van der Waals surface area contributed by atoms with Crippen molar-refractivity contribution in [1.29, 1.82) is 0 Å². The Morgan fingerprint density at radius 2 is 1.73 bits per heavy atom. The highest BCUT2D eigenvalue weighted by Gasteiger charge is 2.70. The lowest BCUT2D eigenvalue weighted by molar-refractivity contribution is -0.178. The molecule has 3 aliphatic rings. The molecule has 0 aromatic heterocycles. The summed E-state index contributed by atoms with van der Waals surface area (Å²) < 4.78 is 103. The molecule has 1 heterocycles. The lowest BCUT2D eigenvalue weighted by atomic mass is 9.78. The van der Waals surface area contributed by atoms with E-state index in [2.05, 4.69) is 0 Å². The maximum atomic E-state index is 13.7. The average Bonchev–Trinajstić information content (AvgIpc) is 3.39. The molecule has 1 aromatic carbocycles. The van der Waals surface area contributed by atoms with Gasteiger partial charge in [-0.3, -0.25) is 9.59 Å². The standard InChI is InChI=1S/C20H15F4I3O9S/c21-19(22,20(23,24)37(31,32)33)3-4-34-16(28)10-6-5-7-11(10)17(29)35-15(7)14(6)36-18(30)12-8(25)1-2-9(26)13(12)27/h1-2,6-7,10-11,14-15H,3-5H2,(H,31,32,33)/p-1. The summed E-state index contributed by atoms with van der Waals surface area (Å²) in [5, 5.41) is -5.91. The van der Waals surface area contributed by atoms with Gasteiger partial charge < -0.3 is 18.8 Å². The predicted octanol–water partition coefficient (Wildman–Crippen LogP) is 3.54. The van der Waals surface area contributed by atoms with Crippen molar-refractivity contribution >= 4 is 95.8 Å². The third-order valence-electron chi connectivity index (χ3n) is 6.71. The molecule has 1 aliphatic heterocycles. The Morgan fingerprint density at radius 1 is 1.11 bits per heavy atom. The average molecular weight is 887 g/mol. The minimum atomic E-state index is -6.68. The quantitative estimate of drug-likeness (QED) is 0.0960. The van der Waals surface area contributed by atoms with Crippen LogP contribution in [0.3, 0.4) is 0 Å². The maximum Gasteiger partial charge on any atom is 0.396 e. The fourth-order valence-electron chi connectivity index (χ4n) is 5.07. The van der Waals surface area contributed by atoms with Crippen LogP contribution >= 0.6 is 67.8 Å². The molecule has 1 saturated heterocycles. The van der Waals surface area contributed by atoms with E-state index in [4.69, 9.17) is 14.2 Å². The van der Waals surface area contributed by atoms with Gasteiger partial charge in [-0.15, -0.1) is 0 Å². The second-order valence-electron chi connectivity index (χ2n) is 8.70. The van der Waals surface area contributed by atoms with Crippen molar-refractivity contribution in [2.75, 3.05) is 6.61 Å². The number of halogens is 7. The summed E-state index contributed by atoms with van der Waals surface area (Å²) in [6.07, 6.45) is -3.55. The Morgan fingerprint density at radius 3 is 2.35 bits per heavy atom. The Hall–Kier alpha value is -0.550. The fourth-order valence-corrected chi connectivity index (χ4v) is 7.86. The molecule has 3 fully saturated rings. The van der Waals surface area contributed by atoms with Gasteiger partial charge in [0.1, 0.15) is 12.2 Å². The number of benzene rings is 1. The summed E-state index contributed by atoms with van der Waals surface area (Å²) in [5.41, 5.74) is 0.285. The minimum absolute atomic E-state index is 0.238. The fraction of sp³-hybridized carbons (Fsp3) is 0.550. The van der Waals surface area contributed by atoms with Gasteiger partial charge in [-0.2, -0.15) is 17.6 Å². The molecule has 204 valence electrons. The van der Waals surface area contributed by atoms with Gasteiger partial charge in [-0.1, -0.05) is 0 Å². The third-order valence-corrected chi connectivity index (χ3v) is 11.6. The minimum Gasteiger partial charge on any atom is -0.743 e. The lowest BCUT2D eigenvalue weighted by Crippen LogP contribution is -2.48. The summed E-state index contributed by atoms with van der Waals surface area (Å²) >= 11 is 5.99. The molecule has 2 saturated carbocycles. The Labute approximate surface area is 247 Å². The molecule has 2 aliphatic carbocycles. The molecule has 0 spiro atoms. The van der Waals surface area contributed by atoms with E-state index < -0.39 is 88.1 Å². The van der Waals surface area contributed by atoms with Crippen molar-refractivity contribution in [3.05, 3.63) is 28.4 Å². The number of carbonyl (C=O) groups excluding carboxylic acids is 3. The van der Waals surface area contributed by atoms with Crippen LogP contribution in [0.15, 0.2) is 12.1 Å². The van der Waals surface area contributed by atoms with Crippen LogP contribution in [0.25, 0.3) is 0 Å². The van der Waals surface area contributed by atoms with Crippen LogP contribution in [0.5, 0.6) is 0 Å². The van der Waals surface area contributed by atoms with Gasteiger partial charge >= 0.3 is 29.1 Å². The molecule has 6 atom stereocenters. The van der Waals surface area contributed by atoms with Crippen molar-refractivity contribution in [3.8, 4) is 0 Å². The first kappa shape index (κ1) is 29.4. The van der Waals surface area contributed by atoms with Crippen LogP contribution in [0, 0.1) is 34.4 Å². The molecule has 1 aromatic rings. The predicted molar refractivity (Wildman–Crippen MR) is 137 cm³/mol. The van der Waals surface area contributed by atoms with Crippen molar-refractivity contribution < 1.29 is 59.1 Å². The van der Waals surface area contributed by atoms with E-state index in [-0.39, 0.29) is 12.0 Å².